The van der Waals surface area contributed by atoms with E-state index in [0.29, 0.717) is 5.75 Å². The third kappa shape index (κ3) is 8.43. The molecule has 0 radical (unpaired) electrons. The van der Waals surface area contributed by atoms with Crippen LogP contribution in [0.15, 0.2) is 133 Å². The third-order valence-corrected chi connectivity index (χ3v) is 9.75. The van der Waals surface area contributed by atoms with Gasteiger partial charge in [-0.25, -0.2) is 9.59 Å². The van der Waals surface area contributed by atoms with E-state index in [4.69, 9.17) is 18.9 Å². The maximum absolute atomic E-state index is 13.5. The molecule has 0 aromatic heterocycles. The fraction of sp³-hybridized carbons (Fsp3) is 0.289. The molecule has 1 atom stereocenters. The molecule has 0 aliphatic heterocycles. The Morgan fingerprint density at radius 2 is 1.13 bits per heavy atom. The van der Waals surface area contributed by atoms with Crippen molar-refractivity contribution in [3.05, 3.63) is 161 Å². The van der Waals surface area contributed by atoms with Crippen LogP contribution < -0.4 is 15.4 Å². The van der Waals surface area contributed by atoms with E-state index in [1.807, 2.05) is 109 Å². The average Bonchev–Trinajstić information content (AvgIpc) is 3.52. The van der Waals surface area contributed by atoms with E-state index in [1.165, 1.54) is 0 Å². The lowest BCUT2D eigenvalue weighted by atomic mass is 9.79. The van der Waals surface area contributed by atoms with Crippen molar-refractivity contribution in [1.29, 1.82) is 0 Å². The zero-order chi connectivity index (χ0) is 38.2. The summed E-state index contributed by atoms with van der Waals surface area (Å²) >= 11 is 0. The van der Waals surface area contributed by atoms with Crippen molar-refractivity contribution < 1.29 is 33.6 Å². The zero-order valence-corrected chi connectivity index (χ0v) is 31.2. The van der Waals surface area contributed by atoms with Crippen LogP contribution in [0, 0.1) is 5.41 Å². The molecule has 9 heteroatoms. The summed E-state index contributed by atoms with van der Waals surface area (Å²) in [6.07, 6.45) is -1.31. The Balaban J connectivity index is 1.29. The number of hydrogen-bond donors (Lipinski definition) is 3. The van der Waals surface area contributed by atoms with Crippen molar-refractivity contribution in [1.82, 2.24) is 10.6 Å². The summed E-state index contributed by atoms with van der Waals surface area (Å²) in [6, 6.07) is 43.6. The van der Waals surface area contributed by atoms with Crippen molar-refractivity contribution in [2.45, 2.75) is 37.9 Å². The summed E-state index contributed by atoms with van der Waals surface area (Å²) < 4.78 is 24.0. The lowest BCUT2D eigenvalue weighted by molar-refractivity contribution is -0.0576. The van der Waals surface area contributed by atoms with Crippen LogP contribution >= 0.6 is 0 Å². The molecular formula is C45H48N2O7. The number of carbonyl (C=O) groups excluding carboxylic acids is 2. The standard InChI is InChI=1S/C45H48N2O7/c1-43(2,3)54-42(50)47-29-44(30-48,28-46-41(49)52-27-40-38-21-13-11-19-36(38)37-20-12-14-22-39(37)40)31-53-45(32-15-7-5-8-16-32,33-17-9-6-10-18-33)34-23-25-35(51-4)26-24-34/h5-26,40,48H,27-31H2,1-4H3,(H,46,49)(H,47,50). The molecular weight excluding hydrogens is 681 g/mol. The number of nitrogens with one attached hydrogen (secondary N) is 2. The molecule has 0 bridgehead atoms. The van der Waals surface area contributed by atoms with E-state index in [2.05, 4.69) is 34.9 Å². The average molecular weight is 729 g/mol. The molecule has 0 saturated heterocycles. The molecule has 9 nitrogen and oxygen atoms in total. The van der Waals surface area contributed by atoms with Crippen molar-refractivity contribution in [2.24, 2.45) is 5.41 Å². The van der Waals surface area contributed by atoms with E-state index in [1.54, 1.807) is 27.9 Å². The van der Waals surface area contributed by atoms with Crippen molar-refractivity contribution in [3.63, 3.8) is 0 Å². The molecule has 0 fully saturated rings. The van der Waals surface area contributed by atoms with Gasteiger partial charge in [0.15, 0.2) is 0 Å². The molecule has 1 aliphatic carbocycles. The number of methoxy groups -OCH3 is 1. The largest absolute Gasteiger partial charge is 0.497 e. The first kappa shape index (κ1) is 38.1. The van der Waals surface area contributed by atoms with Gasteiger partial charge in [0.05, 0.1) is 25.7 Å². The maximum Gasteiger partial charge on any atom is 0.407 e. The molecule has 280 valence electrons. The van der Waals surface area contributed by atoms with E-state index < -0.39 is 35.4 Å². The van der Waals surface area contributed by atoms with Gasteiger partial charge in [-0.15, -0.1) is 0 Å². The molecule has 6 rings (SSSR count). The van der Waals surface area contributed by atoms with Gasteiger partial charge in [-0.1, -0.05) is 121 Å². The molecule has 0 saturated carbocycles. The summed E-state index contributed by atoms with van der Waals surface area (Å²) in [6.45, 7) is 4.74. The molecule has 1 unspecified atom stereocenters. The Kier molecular flexibility index (Phi) is 11.7. The lowest BCUT2D eigenvalue weighted by Crippen LogP contribution is -2.52. The molecule has 1 aliphatic rings. The highest BCUT2D eigenvalue weighted by Crippen LogP contribution is 2.45. The first-order chi connectivity index (χ1) is 26.1. The number of aliphatic hydroxyl groups is 1. The smallest absolute Gasteiger partial charge is 0.407 e. The van der Waals surface area contributed by atoms with Crippen LogP contribution in [0.1, 0.15) is 54.5 Å². The predicted octanol–water partition coefficient (Wildman–Crippen LogP) is 8.05. The van der Waals surface area contributed by atoms with Gasteiger partial charge in [0.1, 0.15) is 23.6 Å². The Morgan fingerprint density at radius 3 is 1.63 bits per heavy atom. The Hall–Kier alpha value is -5.64. The fourth-order valence-corrected chi connectivity index (χ4v) is 6.99. The highest BCUT2D eigenvalue weighted by atomic mass is 16.6. The number of rotatable bonds is 14. The van der Waals surface area contributed by atoms with Crippen molar-refractivity contribution in [3.8, 4) is 16.9 Å². The molecule has 2 amide bonds. The molecule has 3 N–H and O–H groups in total. The minimum atomic E-state index is -1.22. The van der Waals surface area contributed by atoms with E-state index in [0.717, 1.165) is 38.9 Å². The predicted molar refractivity (Wildman–Crippen MR) is 209 cm³/mol. The van der Waals surface area contributed by atoms with Gasteiger partial charge in [-0.2, -0.15) is 0 Å². The molecule has 54 heavy (non-hydrogen) atoms. The highest BCUT2D eigenvalue weighted by molar-refractivity contribution is 5.79. The summed E-state index contributed by atoms with van der Waals surface area (Å²) in [5.41, 5.74) is 3.84. The quantitative estimate of drug-likeness (QED) is 0.0992. The number of carbonyl (C=O) groups is 2. The van der Waals surface area contributed by atoms with Gasteiger partial charge in [0, 0.05) is 19.0 Å². The minimum Gasteiger partial charge on any atom is -0.497 e. The molecule has 0 heterocycles. The van der Waals surface area contributed by atoms with Crippen LogP contribution in [0.3, 0.4) is 0 Å². The first-order valence-electron chi connectivity index (χ1n) is 18.1. The van der Waals surface area contributed by atoms with E-state index >= 15 is 0 Å². The Morgan fingerprint density at radius 1 is 0.648 bits per heavy atom. The van der Waals surface area contributed by atoms with Crippen LogP contribution in [-0.4, -0.2) is 62.9 Å². The number of hydrogen-bond acceptors (Lipinski definition) is 7. The van der Waals surface area contributed by atoms with Crippen LogP contribution in [0.4, 0.5) is 9.59 Å². The minimum absolute atomic E-state index is 0.0790. The first-order valence-corrected chi connectivity index (χ1v) is 18.1. The monoisotopic (exact) mass is 728 g/mol. The number of ether oxygens (including phenoxy) is 4. The van der Waals surface area contributed by atoms with Crippen LogP contribution in [0.5, 0.6) is 5.75 Å². The topological polar surface area (TPSA) is 115 Å². The summed E-state index contributed by atoms with van der Waals surface area (Å²) in [7, 11) is 1.62. The van der Waals surface area contributed by atoms with Gasteiger partial charge in [-0.3, -0.25) is 0 Å². The summed E-state index contributed by atoms with van der Waals surface area (Å²) in [5.74, 6) is 0.567. The highest BCUT2D eigenvalue weighted by Gasteiger charge is 2.42. The zero-order valence-electron chi connectivity index (χ0n) is 31.2. The van der Waals surface area contributed by atoms with Crippen LogP contribution in [0.2, 0.25) is 0 Å². The third-order valence-electron chi connectivity index (χ3n) is 9.75. The van der Waals surface area contributed by atoms with Crippen LogP contribution in [0.25, 0.3) is 11.1 Å². The Labute approximate surface area is 317 Å². The van der Waals surface area contributed by atoms with E-state index in [9.17, 15) is 14.7 Å². The lowest BCUT2D eigenvalue weighted by Gasteiger charge is -2.40. The molecule has 5 aromatic rings. The molecule has 5 aromatic carbocycles. The van der Waals surface area contributed by atoms with Gasteiger partial charge in [-0.05, 0) is 71.8 Å². The van der Waals surface area contributed by atoms with Gasteiger partial charge in [0.25, 0.3) is 0 Å². The van der Waals surface area contributed by atoms with Gasteiger partial charge < -0.3 is 34.7 Å². The fourth-order valence-electron chi connectivity index (χ4n) is 6.99. The SMILES string of the molecule is COc1ccc(C(OCC(CO)(CNC(=O)OCC2c3ccccc3-c3ccccc32)CNC(=O)OC(C)(C)C)(c2ccccc2)c2ccccc2)cc1. The van der Waals surface area contributed by atoms with Crippen molar-refractivity contribution in [2.75, 3.05) is 40.0 Å². The maximum atomic E-state index is 13.5. The van der Waals surface area contributed by atoms with Crippen LogP contribution in [-0.2, 0) is 19.8 Å². The van der Waals surface area contributed by atoms with Crippen molar-refractivity contribution >= 4 is 12.2 Å². The van der Waals surface area contributed by atoms with E-state index in [-0.39, 0.29) is 32.2 Å². The second-order valence-corrected chi connectivity index (χ2v) is 14.6. The number of alkyl carbamates (subject to hydrolysis) is 2. The Bertz CT molecular complexity index is 1930. The van der Waals surface area contributed by atoms with Gasteiger partial charge in [0.2, 0.25) is 0 Å². The molecule has 0 spiro atoms. The second kappa shape index (κ2) is 16.6. The summed E-state index contributed by atoms with van der Waals surface area (Å²) in [5, 5.41) is 16.8. The number of fused-ring (bicyclic) bond motifs is 3. The number of aliphatic hydroxyl groups excluding tert-OH is 1. The normalized spacial score (nSPS) is 13.6. The number of benzene rings is 5. The summed E-state index contributed by atoms with van der Waals surface area (Å²) in [4.78, 5) is 26.4. The second-order valence-electron chi connectivity index (χ2n) is 14.6. The van der Waals surface area contributed by atoms with Gasteiger partial charge >= 0.3 is 12.2 Å². The number of amides is 2.